The molecular formula is C25H32ClF3N4O4. The molecule has 0 radical (unpaired) electrons. The lowest BCUT2D eigenvalue weighted by atomic mass is 9.74. The van der Waals surface area contributed by atoms with Crippen LogP contribution in [0, 0.1) is 10.8 Å². The van der Waals surface area contributed by atoms with E-state index >= 15 is 0 Å². The molecule has 1 atom stereocenters. The van der Waals surface area contributed by atoms with Crippen molar-refractivity contribution >= 4 is 23.5 Å². The van der Waals surface area contributed by atoms with Crippen LogP contribution >= 0.6 is 11.6 Å². The summed E-state index contributed by atoms with van der Waals surface area (Å²) in [6, 6.07) is 2.40. The number of pyridine rings is 1. The Labute approximate surface area is 218 Å². The molecule has 2 aromatic rings. The van der Waals surface area contributed by atoms with E-state index in [0.29, 0.717) is 0 Å². The Morgan fingerprint density at radius 3 is 2.41 bits per heavy atom. The third-order valence-electron chi connectivity index (χ3n) is 6.66. The Balaban J connectivity index is 1.95. The van der Waals surface area contributed by atoms with Gasteiger partial charge in [-0.2, -0.15) is 18.3 Å². The van der Waals surface area contributed by atoms with Crippen molar-refractivity contribution in [3.8, 4) is 0 Å². The van der Waals surface area contributed by atoms with E-state index in [1.165, 1.54) is 12.3 Å². The molecule has 1 saturated carbocycles. The first-order chi connectivity index (χ1) is 17.0. The molecule has 1 amide bonds. The Hall–Kier alpha value is -2.66. The number of hydrogen-bond donors (Lipinski definition) is 2. The van der Waals surface area contributed by atoms with E-state index in [0.717, 1.165) is 15.8 Å². The van der Waals surface area contributed by atoms with Crippen LogP contribution in [0.3, 0.4) is 0 Å². The van der Waals surface area contributed by atoms with Crippen molar-refractivity contribution in [2.45, 2.75) is 71.7 Å². The zero-order valence-electron chi connectivity index (χ0n) is 21.2. The van der Waals surface area contributed by atoms with E-state index in [-0.39, 0.29) is 49.5 Å². The number of halogens is 4. The number of rotatable bonds is 7. The fourth-order valence-corrected chi connectivity index (χ4v) is 4.92. The van der Waals surface area contributed by atoms with Crippen LogP contribution in [0.2, 0.25) is 5.02 Å². The predicted molar refractivity (Wildman–Crippen MR) is 130 cm³/mol. The van der Waals surface area contributed by atoms with Gasteiger partial charge in [-0.15, -0.1) is 0 Å². The highest BCUT2D eigenvalue weighted by Crippen LogP contribution is 2.43. The largest absolute Gasteiger partial charge is 0.481 e. The van der Waals surface area contributed by atoms with Crippen molar-refractivity contribution in [2.75, 3.05) is 13.1 Å². The van der Waals surface area contributed by atoms with Gasteiger partial charge in [0.15, 0.2) is 5.69 Å². The molecule has 2 aromatic heterocycles. The lowest BCUT2D eigenvalue weighted by Gasteiger charge is -2.35. The summed E-state index contributed by atoms with van der Waals surface area (Å²) in [5, 5.41) is 24.3. The number of aromatic nitrogens is 3. The number of carbonyl (C=O) groups is 2. The molecule has 204 valence electrons. The lowest BCUT2D eigenvalue weighted by Crippen LogP contribution is -2.41. The Morgan fingerprint density at radius 1 is 1.27 bits per heavy atom. The fraction of sp³-hybridized carbons (Fsp3) is 0.600. The number of aliphatic carboxylic acids is 1. The molecule has 0 saturated heterocycles. The monoisotopic (exact) mass is 544 g/mol. The van der Waals surface area contributed by atoms with Crippen molar-refractivity contribution in [3.63, 3.8) is 0 Å². The second-order valence-corrected chi connectivity index (χ2v) is 11.5. The Morgan fingerprint density at radius 2 is 1.89 bits per heavy atom. The van der Waals surface area contributed by atoms with Gasteiger partial charge in [-0.05, 0) is 50.2 Å². The van der Waals surface area contributed by atoms with E-state index in [4.69, 9.17) is 11.6 Å². The summed E-state index contributed by atoms with van der Waals surface area (Å²) in [5.41, 5.74) is -3.19. The molecule has 0 aromatic carbocycles. The number of carboxylic acids is 1. The number of alkyl halides is 3. The molecule has 2 heterocycles. The van der Waals surface area contributed by atoms with E-state index in [1.54, 1.807) is 13.0 Å². The summed E-state index contributed by atoms with van der Waals surface area (Å²) >= 11 is 6.12. The highest BCUT2D eigenvalue weighted by atomic mass is 35.5. The minimum absolute atomic E-state index is 0.0518. The zero-order chi connectivity index (χ0) is 27.8. The van der Waals surface area contributed by atoms with Gasteiger partial charge in [0.05, 0.1) is 40.5 Å². The van der Waals surface area contributed by atoms with Crippen LogP contribution in [0.25, 0.3) is 0 Å². The number of hydrogen-bond acceptors (Lipinski definition) is 5. The quantitative estimate of drug-likeness (QED) is 0.484. The van der Waals surface area contributed by atoms with Gasteiger partial charge in [-0.1, -0.05) is 32.4 Å². The van der Waals surface area contributed by atoms with Gasteiger partial charge in [-0.3, -0.25) is 19.3 Å². The van der Waals surface area contributed by atoms with Gasteiger partial charge < -0.3 is 15.1 Å². The predicted octanol–water partition coefficient (Wildman–Crippen LogP) is 5.38. The van der Waals surface area contributed by atoms with Gasteiger partial charge >= 0.3 is 12.1 Å². The van der Waals surface area contributed by atoms with E-state index < -0.39 is 52.3 Å². The number of carbonyl (C=O) groups excluding carboxylic acids is 1. The average molecular weight is 545 g/mol. The fourth-order valence-electron chi connectivity index (χ4n) is 4.68. The minimum atomic E-state index is -4.88. The molecule has 1 fully saturated rings. The first-order valence-electron chi connectivity index (χ1n) is 12.0. The second kappa shape index (κ2) is 10.6. The van der Waals surface area contributed by atoms with Crippen molar-refractivity contribution < 1.29 is 33.0 Å². The summed E-state index contributed by atoms with van der Waals surface area (Å²) in [6.45, 7) is 6.78. The molecule has 0 unspecified atom stereocenters. The number of nitrogens with zero attached hydrogens (tertiary/aromatic N) is 4. The summed E-state index contributed by atoms with van der Waals surface area (Å²) in [7, 11) is 0. The molecule has 3 rings (SSSR count). The molecule has 0 spiro atoms. The third-order valence-corrected chi connectivity index (χ3v) is 6.98. The lowest BCUT2D eigenvalue weighted by molar-refractivity contribution is -0.152. The van der Waals surface area contributed by atoms with Crippen LogP contribution in [0.1, 0.15) is 87.3 Å². The molecule has 0 aliphatic heterocycles. The molecule has 0 bridgehead atoms. The highest BCUT2D eigenvalue weighted by molar-refractivity contribution is 6.31. The number of aliphatic hydroxyl groups excluding tert-OH is 1. The standard InChI is InChI=1S/C25H32ClF3N4O4/c1-23(2,3)14-32(13-18(34)19-17(26)6-5-11-30-19)21(35)16-12-31-33(20(16)25(27,28)29)15-7-9-24(4,10-8-15)22(36)37/h5-6,11-12,15,18,34H,7-10,13-14H2,1-4H3,(H,36,37)/t15?,18-,24?/m1/s1. The van der Waals surface area contributed by atoms with Crippen LogP contribution in [-0.2, 0) is 11.0 Å². The average Bonchev–Trinajstić information content (AvgIpc) is 3.23. The number of carboxylic acid groups (broad SMARTS) is 1. The maximum Gasteiger partial charge on any atom is 0.433 e. The normalized spacial score (nSPS) is 21.5. The highest BCUT2D eigenvalue weighted by Gasteiger charge is 2.45. The van der Waals surface area contributed by atoms with Crippen molar-refractivity contribution in [2.24, 2.45) is 10.8 Å². The third kappa shape index (κ3) is 6.62. The van der Waals surface area contributed by atoms with Crippen LogP contribution in [0.15, 0.2) is 24.5 Å². The van der Waals surface area contributed by atoms with Crippen LogP contribution in [0.5, 0.6) is 0 Å². The van der Waals surface area contributed by atoms with Crippen LogP contribution in [-0.4, -0.2) is 54.8 Å². The summed E-state index contributed by atoms with van der Waals surface area (Å²) < 4.78 is 43.8. The Bertz CT molecular complexity index is 1140. The van der Waals surface area contributed by atoms with Crippen molar-refractivity contribution in [1.29, 1.82) is 0 Å². The maximum absolute atomic E-state index is 14.3. The smallest absolute Gasteiger partial charge is 0.433 e. The van der Waals surface area contributed by atoms with Crippen molar-refractivity contribution in [1.82, 2.24) is 19.7 Å². The van der Waals surface area contributed by atoms with Gasteiger partial charge in [0, 0.05) is 12.7 Å². The number of aliphatic hydroxyl groups is 1. The van der Waals surface area contributed by atoms with E-state index in [2.05, 4.69) is 10.1 Å². The van der Waals surface area contributed by atoms with Gasteiger partial charge in [0.1, 0.15) is 6.10 Å². The minimum Gasteiger partial charge on any atom is -0.481 e. The van der Waals surface area contributed by atoms with Gasteiger partial charge in [0.25, 0.3) is 5.91 Å². The second-order valence-electron chi connectivity index (χ2n) is 11.1. The molecule has 1 aliphatic rings. The first-order valence-corrected chi connectivity index (χ1v) is 12.4. The zero-order valence-corrected chi connectivity index (χ0v) is 22.0. The molecule has 12 heteroatoms. The Kier molecular flexibility index (Phi) is 8.28. The van der Waals surface area contributed by atoms with Crippen LogP contribution in [0.4, 0.5) is 13.2 Å². The maximum atomic E-state index is 14.3. The SMILES string of the molecule is CC(C)(C)CN(C[C@@H](O)c1ncccc1Cl)C(=O)c1cnn(C2CCC(C)(C(=O)O)CC2)c1C(F)(F)F. The summed E-state index contributed by atoms with van der Waals surface area (Å²) in [5.74, 6) is -1.91. The summed E-state index contributed by atoms with van der Waals surface area (Å²) in [6.07, 6.45) is -3.12. The molecule has 8 nitrogen and oxygen atoms in total. The van der Waals surface area contributed by atoms with Gasteiger partial charge in [0.2, 0.25) is 0 Å². The van der Waals surface area contributed by atoms with Gasteiger partial charge in [-0.25, -0.2) is 0 Å². The molecule has 1 aliphatic carbocycles. The first kappa shape index (κ1) is 28.9. The van der Waals surface area contributed by atoms with E-state index in [9.17, 15) is 33.0 Å². The molecular weight excluding hydrogens is 513 g/mol. The van der Waals surface area contributed by atoms with Crippen molar-refractivity contribution in [3.05, 3.63) is 46.5 Å². The molecule has 37 heavy (non-hydrogen) atoms. The topological polar surface area (TPSA) is 109 Å². The summed E-state index contributed by atoms with van der Waals surface area (Å²) in [4.78, 5) is 30.3. The van der Waals surface area contributed by atoms with Crippen LogP contribution < -0.4 is 0 Å². The van der Waals surface area contributed by atoms with E-state index in [1.807, 2.05) is 20.8 Å². The molecule has 2 N–H and O–H groups in total. The number of amides is 1.